The SMILES string of the molecule is COc1ccc(-c2nc(CN3CCN(S(=O)(=O)c4c(C)noc4C)CC3)cs2)cc1. The number of sulfonamides is 1. The highest BCUT2D eigenvalue weighted by Crippen LogP contribution is 2.27. The Morgan fingerprint density at radius 3 is 2.43 bits per heavy atom. The lowest BCUT2D eigenvalue weighted by molar-refractivity contribution is 0.180. The monoisotopic (exact) mass is 448 g/mol. The summed E-state index contributed by atoms with van der Waals surface area (Å²) in [4.78, 5) is 7.17. The minimum Gasteiger partial charge on any atom is -0.497 e. The van der Waals surface area contributed by atoms with Crippen LogP contribution in [0.1, 0.15) is 17.1 Å². The Balaban J connectivity index is 1.38. The number of hydrogen-bond acceptors (Lipinski definition) is 8. The van der Waals surface area contributed by atoms with Crippen molar-refractivity contribution in [1.82, 2.24) is 19.3 Å². The first-order valence-electron chi connectivity index (χ1n) is 9.62. The number of aromatic nitrogens is 2. The van der Waals surface area contributed by atoms with Crippen molar-refractivity contribution >= 4 is 21.4 Å². The number of nitrogens with zero attached hydrogens (tertiary/aromatic N) is 4. The Morgan fingerprint density at radius 1 is 1.13 bits per heavy atom. The lowest BCUT2D eigenvalue weighted by atomic mass is 10.2. The highest BCUT2D eigenvalue weighted by molar-refractivity contribution is 7.89. The normalized spacial score (nSPS) is 16.1. The van der Waals surface area contributed by atoms with Crippen LogP contribution in [0, 0.1) is 13.8 Å². The van der Waals surface area contributed by atoms with E-state index in [-0.39, 0.29) is 4.90 Å². The van der Waals surface area contributed by atoms with Gasteiger partial charge in [-0.3, -0.25) is 4.90 Å². The van der Waals surface area contributed by atoms with Gasteiger partial charge in [0.15, 0.2) is 5.76 Å². The van der Waals surface area contributed by atoms with Crippen molar-refractivity contribution in [3.8, 4) is 16.3 Å². The Labute approximate surface area is 180 Å². The van der Waals surface area contributed by atoms with Gasteiger partial charge in [-0.2, -0.15) is 4.31 Å². The Hall–Kier alpha value is -2.27. The Morgan fingerprint density at radius 2 is 1.83 bits per heavy atom. The molecule has 1 aliphatic heterocycles. The second-order valence-corrected chi connectivity index (χ2v) is 9.94. The molecule has 0 amide bonds. The molecule has 1 fully saturated rings. The third kappa shape index (κ3) is 4.13. The molecule has 160 valence electrons. The highest BCUT2D eigenvalue weighted by Gasteiger charge is 2.33. The fraction of sp³-hybridized carbons (Fsp3) is 0.400. The van der Waals surface area contributed by atoms with Gasteiger partial charge in [0.2, 0.25) is 10.0 Å². The van der Waals surface area contributed by atoms with E-state index in [2.05, 4.69) is 15.4 Å². The first-order chi connectivity index (χ1) is 14.4. The van der Waals surface area contributed by atoms with Gasteiger partial charge in [0.25, 0.3) is 0 Å². The quantitative estimate of drug-likeness (QED) is 0.573. The second-order valence-electron chi connectivity index (χ2n) is 7.21. The third-order valence-corrected chi connectivity index (χ3v) is 8.26. The van der Waals surface area contributed by atoms with E-state index in [4.69, 9.17) is 14.2 Å². The van der Waals surface area contributed by atoms with Crippen molar-refractivity contribution in [2.45, 2.75) is 25.3 Å². The molecule has 1 saturated heterocycles. The van der Waals surface area contributed by atoms with Crippen LogP contribution >= 0.6 is 11.3 Å². The maximum absolute atomic E-state index is 12.9. The average Bonchev–Trinajstić information content (AvgIpc) is 3.35. The molecule has 0 radical (unpaired) electrons. The smallest absolute Gasteiger partial charge is 0.248 e. The number of aryl methyl sites for hydroxylation is 2. The maximum atomic E-state index is 12.9. The number of thiazole rings is 1. The predicted molar refractivity (Wildman–Crippen MR) is 114 cm³/mol. The molecule has 30 heavy (non-hydrogen) atoms. The zero-order valence-corrected chi connectivity index (χ0v) is 18.8. The Kier molecular flexibility index (Phi) is 5.92. The van der Waals surface area contributed by atoms with E-state index >= 15 is 0 Å². The van der Waals surface area contributed by atoms with Gasteiger partial charge in [-0.25, -0.2) is 13.4 Å². The summed E-state index contributed by atoms with van der Waals surface area (Å²) < 4.78 is 37.7. The van der Waals surface area contributed by atoms with Crippen LogP contribution in [0.15, 0.2) is 39.1 Å². The molecular weight excluding hydrogens is 424 g/mol. The molecule has 0 bridgehead atoms. The van der Waals surface area contributed by atoms with Gasteiger partial charge in [0.05, 0.1) is 12.8 Å². The number of hydrogen-bond donors (Lipinski definition) is 0. The molecule has 0 unspecified atom stereocenters. The van der Waals surface area contributed by atoms with Crippen LogP contribution in [0.2, 0.25) is 0 Å². The van der Waals surface area contributed by atoms with Gasteiger partial charge in [-0.05, 0) is 38.1 Å². The van der Waals surface area contributed by atoms with Crippen LogP contribution in [-0.4, -0.2) is 61.1 Å². The van der Waals surface area contributed by atoms with Crippen molar-refractivity contribution < 1.29 is 17.7 Å². The third-order valence-electron chi connectivity index (χ3n) is 5.17. The lowest BCUT2D eigenvalue weighted by Crippen LogP contribution is -2.48. The molecular formula is C20H24N4O4S2. The van der Waals surface area contributed by atoms with Crippen molar-refractivity contribution in [2.24, 2.45) is 0 Å². The second kappa shape index (κ2) is 8.46. The van der Waals surface area contributed by atoms with Gasteiger partial charge >= 0.3 is 0 Å². The van der Waals surface area contributed by atoms with E-state index in [1.54, 1.807) is 32.3 Å². The lowest BCUT2D eigenvalue weighted by Gasteiger charge is -2.33. The summed E-state index contributed by atoms with van der Waals surface area (Å²) in [6.07, 6.45) is 0. The van der Waals surface area contributed by atoms with E-state index in [9.17, 15) is 8.42 Å². The number of methoxy groups -OCH3 is 1. The standard InChI is InChI=1S/C20H24N4O4S2/c1-14-19(15(2)28-22-14)30(25,26)24-10-8-23(9-11-24)12-17-13-29-20(21-17)16-4-6-18(27-3)7-5-16/h4-7,13H,8-12H2,1-3H3. The first kappa shape index (κ1) is 21.0. The molecule has 10 heteroatoms. The van der Waals surface area contributed by atoms with Crippen LogP contribution in [0.25, 0.3) is 10.6 Å². The topological polar surface area (TPSA) is 88.8 Å². The fourth-order valence-electron chi connectivity index (χ4n) is 3.57. The molecule has 1 aliphatic rings. The molecule has 0 saturated carbocycles. The number of ether oxygens (including phenoxy) is 1. The average molecular weight is 449 g/mol. The number of rotatable bonds is 6. The number of piperazine rings is 1. The predicted octanol–water partition coefficient (Wildman–Crippen LogP) is 2.93. The Bertz CT molecular complexity index is 1090. The van der Waals surface area contributed by atoms with Crippen LogP contribution in [-0.2, 0) is 16.6 Å². The van der Waals surface area contributed by atoms with Crippen LogP contribution in [0.3, 0.4) is 0 Å². The zero-order chi connectivity index (χ0) is 21.3. The molecule has 3 aromatic rings. The molecule has 0 aliphatic carbocycles. The van der Waals surface area contributed by atoms with Crippen LogP contribution in [0.5, 0.6) is 5.75 Å². The summed E-state index contributed by atoms with van der Waals surface area (Å²) in [6, 6.07) is 7.85. The molecule has 0 N–H and O–H groups in total. The largest absolute Gasteiger partial charge is 0.497 e. The first-order valence-corrected chi connectivity index (χ1v) is 11.9. The van der Waals surface area contributed by atoms with Crippen LogP contribution in [0.4, 0.5) is 0 Å². The maximum Gasteiger partial charge on any atom is 0.248 e. The van der Waals surface area contributed by atoms with Crippen molar-refractivity contribution in [3.05, 3.63) is 46.8 Å². The summed E-state index contributed by atoms with van der Waals surface area (Å²) in [5, 5.41) is 6.81. The van der Waals surface area contributed by atoms with Gasteiger partial charge < -0.3 is 9.26 Å². The molecule has 2 aromatic heterocycles. The minimum atomic E-state index is -3.59. The van der Waals surface area contributed by atoms with Gasteiger partial charge in [-0.15, -0.1) is 11.3 Å². The fourth-order valence-corrected chi connectivity index (χ4v) is 6.11. The van der Waals surface area contributed by atoms with E-state index in [0.717, 1.165) is 22.0 Å². The summed E-state index contributed by atoms with van der Waals surface area (Å²) in [6.45, 7) is 6.15. The van der Waals surface area contributed by atoms with E-state index in [0.29, 0.717) is 44.2 Å². The van der Waals surface area contributed by atoms with Crippen molar-refractivity contribution in [1.29, 1.82) is 0 Å². The van der Waals surface area contributed by atoms with E-state index in [1.807, 2.05) is 24.3 Å². The summed E-state index contributed by atoms with van der Waals surface area (Å²) >= 11 is 1.61. The van der Waals surface area contributed by atoms with Crippen molar-refractivity contribution in [2.75, 3.05) is 33.3 Å². The van der Waals surface area contributed by atoms with Crippen LogP contribution < -0.4 is 4.74 Å². The number of benzene rings is 1. The van der Waals surface area contributed by atoms with E-state index < -0.39 is 10.0 Å². The van der Waals surface area contributed by atoms with Crippen molar-refractivity contribution in [3.63, 3.8) is 0 Å². The van der Waals surface area contributed by atoms with Gasteiger partial charge in [0.1, 0.15) is 21.3 Å². The molecule has 0 atom stereocenters. The van der Waals surface area contributed by atoms with Gasteiger partial charge in [-0.1, -0.05) is 5.16 Å². The minimum absolute atomic E-state index is 0.194. The summed E-state index contributed by atoms with van der Waals surface area (Å²) in [7, 11) is -1.94. The highest BCUT2D eigenvalue weighted by atomic mass is 32.2. The molecule has 4 rings (SSSR count). The zero-order valence-electron chi connectivity index (χ0n) is 17.2. The van der Waals surface area contributed by atoms with E-state index in [1.165, 1.54) is 4.31 Å². The molecule has 1 aromatic carbocycles. The molecule has 8 nitrogen and oxygen atoms in total. The summed E-state index contributed by atoms with van der Waals surface area (Å²) in [5.74, 6) is 1.16. The molecule has 3 heterocycles. The molecule has 0 spiro atoms. The van der Waals surface area contributed by atoms with Gasteiger partial charge in [0, 0.05) is 43.7 Å². The summed E-state index contributed by atoms with van der Waals surface area (Å²) in [5.41, 5.74) is 2.46.